The Morgan fingerprint density at radius 3 is 2.48 bits per heavy atom. The number of hydrogen-bond donors (Lipinski definition) is 1. The van der Waals surface area contributed by atoms with Crippen LogP contribution in [0, 0.1) is 5.82 Å². The maximum atomic E-state index is 13.1. The van der Waals surface area contributed by atoms with Gasteiger partial charge in [0.15, 0.2) is 6.61 Å². The van der Waals surface area contributed by atoms with Crippen LogP contribution in [-0.4, -0.2) is 36.4 Å². The number of halogens is 2. The zero-order valence-corrected chi connectivity index (χ0v) is 15.5. The Kier molecular flexibility index (Phi) is 6.29. The zero-order chi connectivity index (χ0) is 19.2. The molecule has 1 saturated heterocycles. The monoisotopic (exact) mass is 390 g/mol. The molecule has 1 N–H and O–H groups in total. The molecular formula is C20H20ClFN2O3. The smallest absolute Gasteiger partial charge is 0.258 e. The molecule has 2 aromatic rings. The molecule has 2 amide bonds. The van der Waals surface area contributed by atoms with Gasteiger partial charge >= 0.3 is 0 Å². The number of rotatable bonds is 6. The summed E-state index contributed by atoms with van der Waals surface area (Å²) in [5.74, 6) is -0.483. The number of carbonyl (C=O) groups excluding carboxylic acids is 2. The third kappa shape index (κ3) is 5.20. The summed E-state index contributed by atoms with van der Waals surface area (Å²) >= 11 is 5.66. The molecule has 1 heterocycles. The maximum absolute atomic E-state index is 13.1. The summed E-state index contributed by atoms with van der Waals surface area (Å²) < 4.78 is 18.4. The first-order valence-corrected chi connectivity index (χ1v) is 9.13. The minimum absolute atomic E-state index is 0.0504. The van der Waals surface area contributed by atoms with Gasteiger partial charge in [-0.05, 0) is 42.7 Å². The Labute approximate surface area is 162 Å². The minimum Gasteiger partial charge on any atom is -0.484 e. The predicted octanol–water partition coefficient (Wildman–Crippen LogP) is 3.41. The summed E-state index contributed by atoms with van der Waals surface area (Å²) in [6, 6.07) is 11.1. The van der Waals surface area contributed by atoms with Crippen LogP contribution in [0.4, 0.5) is 4.39 Å². The highest BCUT2D eigenvalue weighted by atomic mass is 35.5. The van der Waals surface area contributed by atoms with Gasteiger partial charge in [0, 0.05) is 31.3 Å². The molecule has 5 nitrogen and oxygen atoms in total. The number of ether oxygens (including phenoxy) is 1. The molecule has 0 saturated carbocycles. The van der Waals surface area contributed by atoms with Gasteiger partial charge in [-0.3, -0.25) is 9.59 Å². The Bertz CT molecular complexity index is 820. The van der Waals surface area contributed by atoms with E-state index >= 15 is 0 Å². The number of benzene rings is 2. The molecule has 142 valence electrons. The van der Waals surface area contributed by atoms with E-state index in [1.54, 1.807) is 12.1 Å². The Morgan fingerprint density at radius 1 is 1.11 bits per heavy atom. The lowest BCUT2D eigenvalue weighted by atomic mass is 10.1. The van der Waals surface area contributed by atoms with E-state index in [1.807, 2.05) is 17.0 Å². The van der Waals surface area contributed by atoms with Crippen LogP contribution >= 0.6 is 11.6 Å². The second-order valence-electron chi connectivity index (χ2n) is 6.34. The average molecular weight is 391 g/mol. The highest BCUT2D eigenvalue weighted by Crippen LogP contribution is 2.21. The van der Waals surface area contributed by atoms with Crippen molar-refractivity contribution in [1.29, 1.82) is 0 Å². The predicted molar refractivity (Wildman–Crippen MR) is 100 cm³/mol. The molecule has 27 heavy (non-hydrogen) atoms. The van der Waals surface area contributed by atoms with Crippen LogP contribution in [0.3, 0.4) is 0 Å². The fourth-order valence-electron chi connectivity index (χ4n) is 2.84. The van der Waals surface area contributed by atoms with Gasteiger partial charge in [-0.1, -0.05) is 23.7 Å². The zero-order valence-electron chi connectivity index (χ0n) is 14.7. The van der Waals surface area contributed by atoms with Crippen LogP contribution in [0.25, 0.3) is 0 Å². The first-order valence-electron chi connectivity index (χ1n) is 8.76. The highest BCUT2D eigenvalue weighted by molar-refractivity contribution is 6.30. The van der Waals surface area contributed by atoms with E-state index in [0.717, 1.165) is 31.5 Å². The number of amides is 2. The fraction of sp³-hybridized carbons (Fsp3) is 0.300. The first kappa shape index (κ1) is 19.2. The lowest BCUT2D eigenvalue weighted by Gasteiger charge is -2.15. The van der Waals surface area contributed by atoms with E-state index < -0.39 is 5.82 Å². The lowest BCUT2D eigenvalue weighted by Crippen LogP contribution is -2.29. The van der Waals surface area contributed by atoms with E-state index in [1.165, 1.54) is 18.2 Å². The van der Waals surface area contributed by atoms with E-state index in [2.05, 4.69) is 5.32 Å². The van der Waals surface area contributed by atoms with Crippen molar-refractivity contribution in [3.63, 3.8) is 0 Å². The van der Waals surface area contributed by atoms with Gasteiger partial charge in [0.1, 0.15) is 11.6 Å². The Morgan fingerprint density at radius 2 is 1.81 bits per heavy atom. The van der Waals surface area contributed by atoms with Gasteiger partial charge in [0.2, 0.25) is 0 Å². The standard InChI is InChI=1S/C20H20ClFN2O3/c21-17-11-16(7-8-18(17)22)27-13-19(25)23-12-14-3-5-15(6-4-14)20(26)24-9-1-2-10-24/h3-8,11H,1-2,9-10,12-13H2,(H,23,25). The molecule has 1 aliphatic rings. The van der Waals surface area contributed by atoms with Crippen molar-refractivity contribution in [3.8, 4) is 5.75 Å². The average Bonchev–Trinajstić information content (AvgIpc) is 3.22. The largest absolute Gasteiger partial charge is 0.484 e. The van der Waals surface area contributed by atoms with Gasteiger partial charge in [-0.2, -0.15) is 0 Å². The first-order chi connectivity index (χ1) is 13.0. The summed E-state index contributed by atoms with van der Waals surface area (Å²) in [6.45, 7) is 1.75. The molecule has 0 bridgehead atoms. The molecule has 0 unspecified atom stereocenters. The van der Waals surface area contributed by atoms with Crippen LogP contribution in [-0.2, 0) is 11.3 Å². The topological polar surface area (TPSA) is 58.6 Å². The summed E-state index contributed by atoms with van der Waals surface area (Å²) in [4.78, 5) is 26.0. The summed E-state index contributed by atoms with van der Waals surface area (Å²) in [6.07, 6.45) is 2.12. The number of hydrogen-bond acceptors (Lipinski definition) is 3. The van der Waals surface area contributed by atoms with Gasteiger partial charge < -0.3 is 15.0 Å². The molecule has 0 aliphatic carbocycles. The van der Waals surface area contributed by atoms with Gasteiger partial charge in [-0.15, -0.1) is 0 Å². The quantitative estimate of drug-likeness (QED) is 0.822. The lowest BCUT2D eigenvalue weighted by molar-refractivity contribution is -0.123. The number of carbonyl (C=O) groups is 2. The van der Waals surface area contributed by atoms with Crippen molar-refractivity contribution in [3.05, 3.63) is 64.4 Å². The molecule has 2 aromatic carbocycles. The van der Waals surface area contributed by atoms with Crippen molar-refractivity contribution in [2.75, 3.05) is 19.7 Å². The van der Waals surface area contributed by atoms with Crippen LogP contribution in [0.15, 0.2) is 42.5 Å². The SMILES string of the molecule is O=C(COc1ccc(F)c(Cl)c1)NCc1ccc(C(=O)N2CCCC2)cc1. The van der Waals surface area contributed by atoms with Crippen molar-refractivity contribution in [2.45, 2.75) is 19.4 Å². The molecule has 0 radical (unpaired) electrons. The van der Waals surface area contributed by atoms with Gasteiger partial charge in [0.05, 0.1) is 5.02 Å². The number of nitrogens with zero attached hydrogens (tertiary/aromatic N) is 1. The van der Waals surface area contributed by atoms with Crippen LogP contribution in [0.1, 0.15) is 28.8 Å². The summed E-state index contributed by atoms with van der Waals surface area (Å²) in [5, 5.41) is 2.67. The van der Waals surface area contributed by atoms with E-state index in [4.69, 9.17) is 16.3 Å². The number of nitrogens with one attached hydrogen (secondary N) is 1. The third-order valence-electron chi connectivity index (χ3n) is 4.34. The Hall–Kier alpha value is -2.60. The number of likely N-dealkylation sites (tertiary alicyclic amines) is 1. The second-order valence-corrected chi connectivity index (χ2v) is 6.74. The molecule has 7 heteroatoms. The molecule has 0 spiro atoms. The van der Waals surface area contributed by atoms with Crippen molar-refractivity contribution < 1.29 is 18.7 Å². The Balaban J connectivity index is 1.45. The molecule has 0 atom stereocenters. The molecule has 1 aliphatic heterocycles. The normalized spacial score (nSPS) is 13.5. The minimum atomic E-state index is -0.542. The van der Waals surface area contributed by atoms with Gasteiger partial charge in [0.25, 0.3) is 11.8 Å². The van der Waals surface area contributed by atoms with Gasteiger partial charge in [-0.25, -0.2) is 4.39 Å². The second kappa shape index (κ2) is 8.86. The van der Waals surface area contributed by atoms with E-state index in [9.17, 15) is 14.0 Å². The maximum Gasteiger partial charge on any atom is 0.258 e. The van der Waals surface area contributed by atoms with Crippen LogP contribution < -0.4 is 10.1 Å². The van der Waals surface area contributed by atoms with Crippen molar-refractivity contribution in [1.82, 2.24) is 10.2 Å². The highest BCUT2D eigenvalue weighted by Gasteiger charge is 2.19. The molecular weight excluding hydrogens is 371 g/mol. The summed E-state index contributed by atoms with van der Waals surface area (Å²) in [5.41, 5.74) is 1.54. The fourth-order valence-corrected chi connectivity index (χ4v) is 3.01. The van der Waals surface area contributed by atoms with Crippen LogP contribution in [0.2, 0.25) is 5.02 Å². The molecule has 0 aromatic heterocycles. The van der Waals surface area contributed by atoms with E-state index in [0.29, 0.717) is 17.9 Å². The van der Waals surface area contributed by atoms with Crippen molar-refractivity contribution in [2.24, 2.45) is 0 Å². The third-order valence-corrected chi connectivity index (χ3v) is 4.63. The molecule has 1 fully saturated rings. The van der Waals surface area contributed by atoms with E-state index in [-0.39, 0.29) is 23.4 Å². The van der Waals surface area contributed by atoms with Crippen molar-refractivity contribution >= 4 is 23.4 Å². The van der Waals surface area contributed by atoms with Crippen LogP contribution in [0.5, 0.6) is 5.75 Å². The summed E-state index contributed by atoms with van der Waals surface area (Å²) in [7, 11) is 0. The molecule has 3 rings (SSSR count).